The third-order valence-electron chi connectivity index (χ3n) is 2.65. The molecule has 0 aliphatic heterocycles. The van der Waals surface area contributed by atoms with E-state index in [1.807, 2.05) is 0 Å². The molecule has 6 nitrogen and oxygen atoms in total. The van der Waals surface area contributed by atoms with Crippen LogP contribution in [-0.4, -0.2) is 48.5 Å². The molecular weight excluding hydrogens is 282 g/mol. The molecule has 0 radical (unpaired) electrons. The van der Waals surface area contributed by atoms with Crippen LogP contribution in [-0.2, 0) is 19.5 Å². The van der Waals surface area contributed by atoms with Crippen molar-refractivity contribution in [3.05, 3.63) is 24.3 Å². The Labute approximate surface area is 120 Å². The van der Waals surface area contributed by atoms with Gasteiger partial charge in [0.05, 0.1) is 17.6 Å². The van der Waals surface area contributed by atoms with E-state index in [1.54, 1.807) is 26.2 Å². The van der Waals surface area contributed by atoms with Gasteiger partial charge in [0, 0.05) is 20.8 Å². The van der Waals surface area contributed by atoms with Crippen LogP contribution in [0.15, 0.2) is 29.2 Å². The average molecular weight is 303 g/mol. The number of methoxy groups -OCH3 is 2. The monoisotopic (exact) mass is 303 g/mol. The average Bonchev–Trinajstić information content (AvgIpc) is 2.45. The lowest BCUT2D eigenvalue weighted by Gasteiger charge is -2.12. The Bertz CT molecular complexity index is 486. The Morgan fingerprint density at radius 1 is 1.15 bits per heavy atom. The molecule has 0 aliphatic carbocycles. The molecule has 0 bridgehead atoms. The lowest BCUT2D eigenvalue weighted by molar-refractivity contribution is 0.122. The van der Waals surface area contributed by atoms with Crippen molar-refractivity contribution in [1.82, 2.24) is 4.72 Å². The van der Waals surface area contributed by atoms with Crippen molar-refractivity contribution in [1.29, 1.82) is 0 Å². The smallest absolute Gasteiger partial charge is 0.240 e. The van der Waals surface area contributed by atoms with Gasteiger partial charge in [0.25, 0.3) is 0 Å². The molecule has 1 atom stereocenters. The van der Waals surface area contributed by atoms with Gasteiger partial charge in [0.2, 0.25) is 10.0 Å². The van der Waals surface area contributed by atoms with Gasteiger partial charge < -0.3 is 14.2 Å². The highest BCUT2D eigenvalue weighted by molar-refractivity contribution is 7.89. The summed E-state index contributed by atoms with van der Waals surface area (Å²) in [6.45, 7) is 2.92. The molecule has 1 aromatic carbocycles. The van der Waals surface area contributed by atoms with E-state index < -0.39 is 10.0 Å². The first kappa shape index (κ1) is 16.9. The first-order chi connectivity index (χ1) is 9.49. The standard InChI is InChI=1S/C13H21NO5S/c1-11(18-3)10-14-20(15,16)13-6-4-12(5-7-13)19-9-8-17-2/h4-7,11,14H,8-10H2,1-3H3. The van der Waals surface area contributed by atoms with Gasteiger partial charge in [-0.15, -0.1) is 0 Å². The Balaban J connectivity index is 2.62. The number of rotatable bonds is 9. The first-order valence-corrected chi connectivity index (χ1v) is 7.72. The molecule has 114 valence electrons. The predicted octanol–water partition coefficient (Wildman–Crippen LogP) is 1.02. The second-order valence-corrected chi connectivity index (χ2v) is 5.98. The van der Waals surface area contributed by atoms with E-state index in [-0.39, 0.29) is 17.5 Å². The summed E-state index contributed by atoms with van der Waals surface area (Å²) < 4.78 is 41.7. The number of hydrogen-bond acceptors (Lipinski definition) is 5. The molecule has 1 N–H and O–H groups in total. The van der Waals surface area contributed by atoms with Crippen molar-refractivity contribution in [2.75, 3.05) is 34.0 Å². The van der Waals surface area contributed by atoms with Crippen LogP contribution in [0.5, 0.6) is 5.75 Å². The third kappa shape index (κ3) is 5.46. The van der Waals surface area contributed by atoms with Crippen LogP contribution in [0.4, 0.5) is 0 Å². The van der Waals surface area contributed by atoms with E-state index in [9.17, 15) is 8.42 Å². The number of hydrogen-bond donors (Lipinski definition) is 1. The molecule has 0 saturated heterocycles. The summed E-state index contributed by atoms with van der Waals surface area (Å²) >= 11 is 0. The minimum absolute atomic E-state index is 0.179. The Morgan fingerprint density at radius 2 is 1.80 bits per heavy atom. The summed E-state index contributed by atoms with van der Waals surface area (Å²) in [6, 6.07) is 6.23. The van der Waals surface area contributed by atoms with Crippen LogP contribution in [0.1, 0.15) is 6.92 Å². The fourth-order valence-electron chi connectivity index (χ4n) is 1.35. The van der Waals surface area contributed by atoms with E-state index in [2.05, 4.69) is 4.72 Å². The van der Waals surface area contributed by atoms with Crippen LogP contribution in [0.25, 0.3) is 0 Å². The zero-order chi connectivity index (χ0) is 15.0. The van der Waals surface area contributed by atoms with Crippen molar-refractivity contribution in [3.8, 4) is 5.75 Å². The molecule has 1 aromatic rings. The topological polar surface area (TPSA) is 73.9 Å². The van der Waals surface area contributed by atoms with Gasteiger partial charge >= 0.3 is 0 Å². The minimum Gasteiger partial charge on any atom is -0.491 e. The predicted molar refractivity (Wildman–Crippen MR) is 75.5 cm³/mol. The summed E-state index contributed by atoms with van der Waals surface area (Å²) in [5.41, 5.74) is 0. The zero-order valence-electron chi connectivity index (χ0n) is 12.0. The van der Waals surface area contributed by atoms with Crippen molar-refractivity contribution >= 4 is 10.0 Å². The molecule has 20 heavy (non-hydrogen) atoms. The summed E-state index contributed by atoms with van der Waals surface area (Å²) in [4.78, 5) is 0.194. The maximum absolute atomic E-state index is 12.0. The van der Waals surface area contributed by atoms with E-state index in [4.69, 9.17) is 14.2 Å². The molecule has 1 rings (SSSR count). The second-order valence-electron chi connectivity index (χ2n) is 4.21. The third-order valence-corrected chi connectivity index (χ3v) is 4.09. The summed E-state index contributed by atoms with van der Waals surface area (Å²) in [5.74, 6) is 0.603. The van der Waals surface area contributed by atoms with Crippen molar-refractivity contribution < 1.29 is 22.6 Å². The van der Waals surface area contributed by atoms with Gasteiger partial charge in [-0.1, -0.05) is 0 Å². The normalized spacial score (nSPS) is 13.2. The quantitative estimate of drug-likeness (QED) is 0.690. The summed E-state index contributed by atoms with van der Waals surface area (Å²) in [6.07, 6.45) is -0.179. The molecule has 0 aromatic heterocycles. The van der Waals surface area contributed by atoms with E-state index in [0.717, 1.165) is 0 Å². The lowest BCUT2D eigenvalue weighted by Crippen LogP contribution is -2.31. The van der Waals surface area contributed by atoms with Gasteiger partial charge in [-0.05, 0) is 31.2 Å². The molecule has 0 heterocycles. The van der Waals surface area contributed by atoms with E-state index in [1.165, 1.54) is 19.2 Å². The fourth-order valence-corrected chi connectivity index (χ4v) is 2.47. The Kier molecular flexibility index (Phi) is 6.94. The molecule has 0 spiro atoms. The van der Waals surface area contributed by atoms with Gasteiger partial charge in [-0.3, -0.25) is 0 Å². The van der Waals surface area contributed by atoms with Crippen LogP contribution < -0.4 is 9.46 Å². The molecular formula is C13H21NO5S. The van der Waals surface area contributed by atoms with Crippen molar-refractivity contribution in [2.24, 2.45) is 0 Å². The SMILES string of the molecule is COCCOc1ccc(S(=O)(=O)NCC(C)OC)cc1. The zero-order valence-corrected chi connectivity index (χ0v) is 12.8. The Morgan fingerprint density at radius 3 is 2.35 bits per heavy atom. The van der Waals surface area contributed by atoms with Gasteiger partial charge in [0.15, 0.2) is 0 Å². The molecule has 7 heteroatoms. The molecule has 0 fully saturated rings. The lowest BCUT2D eigenvalue weighted by atomic mass is 10.3. The van der Waals surface area contributed by atoms with E-state index >= 15 is 0 Å². The number of benzene rings is 1. The largest absolute Gasteiger partial charge is 0.491 e. The molecule has 1 unspecified atom stereocenters. The van der Waals surface area contributed by atoms with Gasteiger partial charge in [0.1, 0.15) is 12.4 Å². The summed E-state index contributed by atoms with van der Waals surface area (Å²) in [7, 11) is -0.396. The fraction of sp³-hybridized carbons (Fsp3) is 0.538. The minimum atomic E-state index is -3.52. The number of sulfonamides is 1. The summed E-state index contributed by atoms with van der Waals surface area (Å²) in [5, 5.41) is 0. The highest BCUT2D eigenvalue weighted by Gasteiger charge is 2.14. The van der Waals surface area contributed by atoms with E-state index in [0.29, 0.717) is 19.0 Å². The number of nitrogens with one attached hydrogen (secondary N) is 1. The highest BCUT2D eigenvalue weighted by Crippen LogP contribution is 2.15. The van der Waals surface area contributed by atoms with Crippen LogP contribution in [0, 0.1) is 0 Å². The van der Waals surface area contributed by atoms with Crippen molar-refractivity contribution in [3.63, 3.8) is 0 Å². The molecule has 0 amide bonds. The van der Waals surface area contributed by atoms with Crippen LogP contribution in [0.2, 0.25) is 0 Å². The van der Waals surface area contributed by atoms with Gasteiger partial charge in [-0.25, -0.2) is 13.1 Å². The molecule has 0 aliphatic rings. The maximum atomic E-state index is 12.0. The first-order valence-electron chi connectivity index (χ1n) is 6.24. The second kappa shape index (κ2) is 8.21. The van der Waals surface area contributed by atoms with Crippen molar-refractivity contribution in [2.45, 2.75) is 17.9 Å². The highest BCUT2D eigenvalue weighted by atomic mass is 32.2. The number of ether oxygens (including phenoxy) is 3. The van der Waals surface area contributed by atoms with Gasteiger partial charge in [-0.2, -0.15) is 0 Å². The maximum Gasteiger partial charge on any atom is 0.240 e. The Hall–Kier alpha value is -1.15. The van der Waals surface area contributed by atoms with Crippen LogP contribution in [0.3, 0.4) is 0 Å². The van der Waals surface area contributed by atoms with Crippen LogP contribution >= 0.6 is 0 Å². The molecule has 0 saturated carbocycles.